The third-order valence-electron chi connectivity index (χ3n) is 6.31. The Balaban J connectivity index is 1.45. The molecule has 6 nitrogen and oxygen atoms in total. The van der Waals surface area contributed by atoms with Crippen LogP contribution in [0.4, 0.5) is 11.6 Å². The van der Waals surface area contributed by atoms with Crippen molar-refractivity contribution in [3.8, 4) is 5.75 Å². The second-order valence-electron chi connectivity index (χ2n) is 10.4. The van der Waals surface area contributed by atoms with E-state index in [4.69, 9.17) is 4.74 Å². The van der Waals surface area contributed by atoms with E-state index < -0.39 is 0 Å². The van der Waals surface area contributed by atoms with Crippen molar-refractivity contribution in [1.29, 1.82) is 0 Å². The van der Waals surface area contributed by atoms with E-state index in [1.54, 1.807) is 0 Å². The highest BCUT2D eigenvalue weighted by molar-refractivity contribution is 5.97. The number of nitrogens with zero attached hydrogens (tertiary/aromatic N) is 2. The van der Waals surface area contributed by atoms with Gasteiger partial charge in [0.2, 0.25) is 5.95 Å². The maximum atomic E-state index is 13.4. The summed E-state index contributed by atoms with van der Waals surface area (Å²) in [6.45, 7) is 10.8. The Kier molecular flexibility index (Phi) is 8.83. The number of hydrogen-bond acceptors (Lipinski definition) is 4. The van der Waals surface area contributed by atoms with Gasteiger partial charge in [0.15, 0.2) is 0 Å². The second-order valence-corrected chi connectivity index (χ2v) is 10.4. The molecule has 3 aromatic carbocycles. The number of ether oxygens (including phenoxy) is 1. The number of imidazole rings is 1. The highest BCUT2D eigenvalue weighted by Crippen LogP contribution is 2.24. The molecule has 0 saturated carbocycles. The molecule has 6 heteroatoms. The molecule has 4 aromatic rings. The normalized spacial score (nSPS) is 11.3. The van der Waals surface area contributed by atoms with Crippen molar-refractivity contribution in [2.45, 2.75) is 47.1 Å². The number of benzene rings is 3. The summed E-state index contributed by atoms with van der Waals surface area (Å²) in [5.74, 6) is 2.59. The number of amides is 1. The maximum absolute atomic E-state index is 13.4. The van der Waals surface area contributed by atoms with Gasteiger partial charge in [0.25, 0.3) is 5.91 Å². The number of H-pyrrole nitrogens is 1. The Morgan fingerprint density at radius 1 is 0.919 bits per heavy atom. The molecule has 0 atom stereocenters. The number of rotatable bonds is 12. The molecule has 0 aliphatic heterocycles. The van der Waals surface area contributed by atoms with E-state index in [9.17, 15) is 4.79 Å². The SMILES string of the molecule is CC(C)CCN(CCC(C)C)C(=O)c1ccc2nc(Nc3cccc(OCc4ccccc4)c3)[nH]c2c1. The molecule has 0 spiro atoms. The molecule has 4 rings (SSSR count). The molecular weight excluding hydrogens is 460 g/mol. The minimum absolute atomic E-state index is 0.0792. The molecule has 1 heterocycles. The van der Waals surface area contributed by atoms with Crippen molar-refractivity contribution in [2.75, 3.05) is 18.4 Å². The van der Waals surface area contributed by atoms with E-state index in [1.165, 1.54) is 0 Å². The minimum Gasteiger partial charge on any atom is -0.489 e. The van der Waals surface area contributed by atoms with Crippen LogP contribution in [0.5, 0.6) is 5.75 Å². The molecule has 0 fully saturated rings. The Bertz CT molecular complexity index is 1290. The lowest BCUT2D eigenvalue weighted by Crippen LogP contribution is -2.34. The molecule has 0 saturated heterocycles. The number of aromatic amines is 1. The van der Waals surface area contributed by atoms with Gasteiger partial charge in [-0.15, -0.1) is 0 Å². The molecule has 0 radical (unpaired) electrons. The third kappa shape index (κ3) is 7.59. The van der Waals surface area contributed by atoms with Crippen molar-refractivity contribution in [2.24, 2.45) is 11.8 Å². The number of nitrogens with one attached hydrogen (secondary N) is 2. The summed E-state index contributed by atoms with van der Waals surface area (Å²) in [5, 5.41) is 3.33. The van der Waals surface area contributed by atoms with Crippen molar-refractivity contribution in [3.63, 3.8) is 0 Å². The highest BCUT2D eigenvalue weighted by Gasteiger charge is 2.18. The Morgan fingerprint density at radius 3 is 2.35 bits per heavy atom. The highest BCUT2D eigenvalue weighted by atomic mass is 16.5. The van der Waals surface area contributed by atoms with E-state index in [2.05, 4.69) is 43.0 Å². The van der Waals surface area contributed by atoms with Gasteiger partial charge in [-0.1, -0.05) is 64.1 Å². The van der Waals surface area contributed by atoms with Crippen LogP contribution in [0.2, 0.25) is 0 Å². The standard InChI is InChI=1S/C31H38N4O2/c1-22(2)15-17-35(18-16-23(3)4)30(36)25-13-14-28-29(19-25)34-31(33-28)32-26-11-8-12-27(20-26)37-21-24-9-6-5-7-10-24/h5-14,19-20,22-23H,15-18,21H2,1-4H3,(H2,32,33,34). The van der Waals surface area contributed by atoms with Crippen LogP contribution in [-0.4, -0.2) is 33.9 Å². The largest absolute Gasteiger partial charge is 0.489 e. The van der Waals surface area contributed by atoms with Gasteiger partial charge in [-0.2, -0.15) is 0 Å². The smallest absolute Gasteiger partial charge is 0.253 e. The van der Waals surface area contributed by atoms with E-state index in [1.807, 2.05) is 77.7 Å². The monoisotopic (exact) mass is 498 g/mol. The molecule has 37 heavy (non-hydrogen) atoms. The summed E-state index contributed by atoms with van der Waals surface area (Å²) < 4.78 is 5.95. The number of fused-ring (bicyclic) bond motifs is 1. The van der Waals surface area contributed by atoms with Gasteiger partial charge in [0.1, 0.15) is 12.4 Å². The van der Waals surface area contributed by atoms with Gasteiger partial charge in [-0.3, -0.25) is 4.79 Å². The van der Waals surface area contributed by atoms with E-state index in [0.717, 1.165) is 54.0 Å². The lowest BCUT2D eigenvalue weighted by atomic mass is 10.1. The number of aromatic nitrogens is 2. The zero-order valence-electron chi connectivity index (χ0n) is 22.3. The van der Waals surface area contributed by atoms with Crippen LogP contribution in [-0.2, 0) is 6.61 Å². The van der Waals surface area contributed by atoms with Gasteiger partial charge in [-0.25, -0.2) is 4.98 Å². The van der Waals surface area contributed by atoms with Crippen molar-refractivity contribution in [3.05, 3.63) is 83.9 Å². The first-order valence-corrected chi connectivity index (χ1v) is 13.2. The molecule has 0 aliphatic rings. The minimum atomic E-state index is 0.0792. The van der Waals surface area contributed by atoms with Crippen molar-refractivity contribution in [1.82, 2.24) is 14.9 Å². The quantitative estimate of drug-likeness (QED) is 0.213. The molecule has 1 amide bonds. The fourth-order valence-corrected chi connectivity index (χ4v) is 4.07. The van der Waals surface area contributed by atoms with E-state index >= 15 is 0 Å². The van der Waals surface area contributed by atoms with E-state index in [-0.39, 0.29) is 5.91 Å². The van der Waals surface area contributed by atoms with Gasteiger partial charge in [0.05, 0.1) is 11.0 Å². The molecule has 0 unspecified atom stereocenters. The first-order chi connectivity index (χ1) is 17.9. The Morgan fingerprint density at radius 2 is 1.65 bits per heavy atom. The van der Waals surface area contributed by atoms with Gasteiger partial charge in [0, 0.05) is 30.4 Å². The summed E-state index contributed by atoms with van der Waals surface area (Å²) in [5.41, 5.74) is 4.32. The molecular formula is C31H38N4O2. The first kappa shape index (κ1) is 26.3. The Labute approximate surface area is 220 Å². The molecule has 0 aliphatic carbocycles. The fraction of sp³-hybridized carbons (Fsp3) is 0.355. The summed E-state index contributed by atoms with van der Waals surface area (Å²) >= 11 is 0. The summed E-state index contributed by atoms with van der Waals surface area (Å²) in [6, 6.07) is 23.6. The van der Waals surface area contributed by atoms with Crippen LogP contribution in [0.3, 0.4) is 0 Å². The van der Waals surface area contributed by atoms with Crippen LogP contribution in [0.25, 0.3) is 11.0 Å². The van der Waals surface area contributed by atoms with Crippen LogP contribution >= 0.6 is 0 Å². The number of carbonyl (C=O) groups is 1. The van der Waals surface area contributed by atoms with E-state index in [0.29, 0.717) is 30.0 Å². The first-order valence-electron chi connectivity index (χ1n) is 13.2. The molecule has 0 bridgehead atoms. The number of anilines is 2. The van der Waals surface area contributed by atoms with Gasteiger partial charge >= 0.3 is 0 Å². The Hall–Kier alpha value is -3.80. The molecule has 1 aromatic heterocycles. The second kappa shape index (κ2) is 12.4. The lowest BCUT2D eigenvalue weighted by molar-refractivity contribution is 0.0741. The average molecular weight is 499 g/mol. The average Bonchev–Trinajstić information content (AvgIpc) is 3.29. The van der Waals surface area contributed by atoms with Gasteiger partial charge in [-0.05, 0) is 60.6 Å². The molecule has 194 valence electrons. The summed E-state index contributed by atoms with van der Waals surface area (Å²) in [6.07, 6.45) is 2.00. The van der Waals surface area contributed by atoms with Crippen molar-refractivity contribution < 1.29 is 9.53 Å². The summed E-state index contributed by atoms with van der Waals surface area (Å²) in [7, 11) is 0. The van der Waals surface area contributed by atoms with Gasteiger partial charge < -0.3 is 19.9 Å². The lowest BCUT2D eigenvalue weighted by Gasteiger charge is -2.24. The van der Waals surface area contributed by atoms with Crippen LogP contribution in [0, 0.1) is 11.8 Å². The van der Waals surface area contributed by atoms with Crippen LogP contribution in [0.1, 0.15) is 56.5 Å². The number of hydrogen-bond donors (Lipinski definition) is 2. The maximum Gasteiger partial charge on any atom is 0.253 e. The zero-order valence-corrected chi connectivity index (χ0v) is 22.3. The molecule has 2 N–H and O–H groups in total. The van der Waals surface area contributed by atoms with Crippen molar-refractivity contribution >= 4 is 28.6 Å². The van der Waals surface area contributed by atoms with Crippen LogP contribution < -0.4 is 10.1 Å². The third-order valence-corrected chi connectivity index (χ3v) is 6.31. The fourth-order valence-electron chi connectivity index (χ4n) is 4.07. The van der Waals surface area contributed by atoms with Crippen LogP contribution in [0.15, 0.2) is 72.8 Å². The summed E-state index contributed by atoms with van der Waals surface area (Å²) in [4.78, 5) is 23.4. The predicted octanol–water partition coefficient (Wildman–Crippen LogP) is 7.42. The zero-order chi connectivity index (χ0) is 26.2. The number of carbonyl (C=O) groups excluding carboxylic acids is 1. The topological polar surface area (TPSA) is 70.2 Å². The predicted molar refractivity (Wildman–Crippen MR) is 151 cm³/mol.